The number of hydrogen-bond donors (Lipinski definition) is 2. The molecule has 246 valence electrons. The summed E-state index contributed by atoms with van der Waals surface area (Å²) < 4.78 is 5.48. The molecule has 1 amide bonds. The van der Waals surface area contributed by atoms with E-state index in [2.05, 4.69) is 107 Å². The van der Waals surface area contributed by atoms with Crippen LogP contribution in [0.3, 0.4) is 0 Å². The topological polar surface area (TPSA) is 85.9 Å². The van der Waals surface area contributed by atoms with E-state index in [9.17, 15) is 4.79 Å². The second-order valence-corrected chi connectivity index (χ2v) is 13.6. The second kappa shape index (κ2) is 14.5. The maximum Gasteiger partial charge on any atom is 0.253 e. The van der Waals surface area contributed by atoms with Gasteiger partial charge in [0.1, 0.15) is 6.10 Å². The standard InChI is InChI=1S/C38H47N7O2/c1-28-8-5-6-9-34(28)43(4)26-38(2,3)27-44-21-23-45(24-22-44)32-17-15-31(16-18-32)41-37-39-20-19-33(42-37)29-11-13-30(14-12-29)40-36(46)35-10-7-25-47-35/h5-6,8-9,11-20,35H,7,10,21-27H2,1-4H3,(H,40,46)(H,39,41,42). The SMILES string of the molecule is Cc1ccccc1N(C)CC(C)(C)CN1CCN(c2ccc(Nc3nccc(-c4ccc(NC(=O)C5CCCO5)cc4)n3)cc2)CC1. The van der Waals surface area contributed by atoms with Crippen molar-refractivity contribution >= 4 is 34.6 Å². The molecule has 2 N–H and O–H groups in total. The first-order valence-electron chi connectivity index (χ1n) is 16.7. The lowest BCUT2D eigenvalue weighted by molar-refractivity contribution is -0.124. The molecule has 0 radical (unpaired) electrons. The highest BCUT2D eigenvalue weighted by Gasteiger charge is 2.27. The zero-order valence-corrected chi connectivity index (χ0v) is 28.1. The van der Waals surface area contributed by atoms with Crippen LogP contribution in [0.15, 0.2) is 85.1 Å². The highest BCUT2D eigenvalue weighted by atomic mass is 16.5. The van der Waals surface area contributed by atoms with E-state index >= 15 is 0 Å². The highest BCUT2D eigenvalue weighted by Crippen LogP contribution is 2.27. The van der Waals surface area contributed by atoms with Gasteiger partial charge in [0.25, 0.3) is 5.91 Å². The highest BCUT2D eigenvalue weighted by molar-refractivity contribution is 5.94. The summed E-state index contributed by atoms with van der Waals surface area (Å²) >= 11 is 0. The number of carbonyl (C=O) groups excluding carboxylic acids is 1. The number of aromatic nitrogens is 2. The monoisotopic (exact) mass is 633 g/mol. The van der Waals surface area contributed by atoms with Gasteiger partial charge in [0.2, 0.25) is 5.95 Å². The molecule has 3 aromatic carbocycles. The van der Waals surface area contributed by atoms with Crippen molar-refractivity contribution in [2.24, 2.45) is 5.41 Å². The Morgan fingerprint density at radius 3 is 2.38 bits per heavy atom. The second-order valence-electron chi connectivity index (χ2n) is 13.6. The number of benzene rings is 3. The molecule has 0 saturated carbocycles. The van der Waals surface area contributed by atoms with E-state index in [1.54, 1.807) is 6.20 Å². The van der Waals surface area contributed by atoms with Crippen LogP contribution in [0.2, 0.25) is 0 Å². The van der Waals surface area contributed by atoms with E-state index in [0.29, 0.717) is 12.6 Å². The van der Waals surface area contributed by atoms with Crippen LogP contribution in [0.25, 0.3) is 11.3 Å². The van der Waals surface area contributed by atoms with Gasteiger partial charge in [-0.2, -0.15) is 0 Å². The first-order valence-corrected chi connectivity index (χ1v) is 16.7. The summed E-state index contributed by atoms with van der Waals surface area (Å²) in [5.41, 5.74) is 7.48. The minimum absolute atomic E-state index is 0.0884. The minimum atomic E-state index is -0.352. The summed E-state index contributed by atoms with van der Waals surface area (Å²) in [5, 5.41) is 6.29. The lowest BCUT2D eigenvalue weighted by Gasteiger charge is -2.41. The predicted molar refractivity (Wildman–Crippen MR) is 192 cm³/mol. The third-order valence-electron chi connectivity index (χ3n) is 9.03. The summed E-state index contributed by atoms with van der Waals surface area (Å²) in [4.78, 5) is 29.0. The van der Waals surface area contributed by atoms with Crippen molar-refractivity contribution in [2.45, 2.75) is 39.7 Å². The number of aryl methyl sites for hydroxylation is 1. The van der Waals surface area contributed by atoms with Crippen LogP contribution in [0.1, 0.15) is 32.3 Å². The van der Waals surface area contributed by atoms with Crippen LogP contribution in [0.5, 0.6) is 0 Å². The van der Waals surface area contributed by atoms with Gasteiger partial charge in [-0.05, 0) is 79.3 Å². The van der Waals surface area contributed by atoms with Crippen LogP contribution in [0, 0.1) is 12.3 Å². The van der Waals surface area contributed by atoms with Gasteiger partial charge in [0.05, 0.1) is 5.69 Å². The minimum Gasteiger partial charge on any atom is -0.374 e. The number of nitrogens with zero attached hydrogens (tertiary/aromatic N) is 5. The quantitative estimate of drug-likeness (QED) is 0.191. The molecule has 1 atom stereocenters. The van der Waals surface area contributed by atoms with Crippen molar-refractivity contribution < 1.29 is 9.53 Å². The Kier molecular flexibility index (Phi) is 10.0. The fourth-order valence-corrected chi connectivity index (χ4v) is 6.73. The van der Waals surface area contributed by atoms with Gasteiger partial charge in [-0.25, -0.2) is 9.97 Å². The molecule has 2 aliphatic heterocycles. The molecule has 1 aromatic heterocycles. The van der Waals surface area contributed by atoms with Crippen LogP contribution >= 0.6 is 0 Å². The molecule has 9 heteroatoms. The molecular weight excluding hydrogens is 586 g/mol. The fraction of sp³-hybridized carbons (Fsp3) is 0.395. The molecule has 2 saturated heterocycles. The number of rotatable bonds is 11. The smallest absolute Gasteiger partial charge is 0.253 e. The Bertz CT molecular complexity index is 1630. The number of anilines is 5. The molecular formula is C38H47N7O2. The first-order chi connectivity index (χ1) is 22.7. The van der Waals surface area contributed by atoms with E-state index < -0.39 is 0 Å². The Hall–Kier alpha value is -4.47. The largest absolute Gasteiger partial charge is 0.374 e. The molecule has 3 heterocycles. The Balaban J connectivity index is 0.987. The van der Waals surface area contributed by atoms with Crippen molar-refractivity contribution in [3.8, 4) is 11.3 Å². The number of para-hydroxylation sites is 1. The number of ether oxygens (including phenoxy) is 1. The van der Waals surface area contributed by atoms with Crippen LogP contribution in [-0.4, -0.2) is 79.8 Å². The summed E-state index contributed by atoms with van der Waals surface area (Å²) in [6.07, 6.45) is 3.10. The molecule has 0 aliphatic carbocycles. The third kappa shape index (κ3) is 8.47. The normalized spacial score (nSPS) is 17.0. The maximum atomic E-state index is 12.4. The molecule has 6 rings (SSSR count). The molecule has 0 spiro atoms. The van der Waals surface area contributed by atoms with E-state index in [1.807, 2.05) is 30.3 Å². The van der Waals surface area contributed by atoms with Gasteiger partial charge < -0.3 is 25.2 Å². The van der Waals surface area contributed by atoms with Crippen molar-refractivity contribution in [1.29, 1.82) is 0 Å². The molecule has 0 bridgehead atoms. The zero-order chi connectivity index (χ0) is 32.8. The summed E-state index contributed by atoms with van der Waals surface area (Å²) in [6, 6.07) is 26.7. The zero-order valence-electron chi connectivity index (χ0n) is 28.1. The summed E-state index contributed by atoms with van der Waals surface area (Å²) in [7, 11) is 2.21. The van der Waals surface area contributed by atoms with Gasteiger partial charge in [-0.1, -0.05) is 44.2 Å². The number of carbonyl (C=O) groups is 1. The van der Waals surface area contributed by atoms with Crippen molar-refractivity contribution in [2.75, 3.05) is 73.4 Å². The Labute approximate surface area is 279 Å². The van der Waals surface area contributed by atoms with Crippen molar-refractivity contribution in [3.63, 3.8) is 0 Å². The number of hydrogen-bond acceptors (Lipinski definition) is 8. The summed E-state index contributed by atoms with van der Waals surface area (Å²) in [6.45, 7) is 13.8. The van der Waals surface area contributed by atoms with E-state index in [1.165, 1.54) is 16.9 Å². The maximum absolute atomic E-state index is 12.4. The molecule has 2 aliphatic rings. The van der Waals surface area contributed by atoms with Crippen LogP contribution in [0.4, 0.5) is 28.7 Å². The predicted octanol–water partition coefficient (Wildman–Crippen LogP) is 6.60. The molecule has 2 fully saturated rings. The number of amides is 1. The Morgan fingerprint density at radius 1 is 0.957 bits per heavy atom. The lowest BCUT2D eigenvalue weighted by Crippen LogP contribution is -2.50. The van der Waals surface area contributed by atoms with E-state index in [0.717, 1.165) is 74.7 Å². The van der Waals surface area contributed by atoms with Crippen LogP contribution in [-0.2, 0) is 9.53 Å². The fourth-order valence-electron chi connectivity index (χ4n) is 6.73. The average molecular weight is 634 g/mol. The van der Waals surface area contributed by atoms with Crippen molar-refractivity contribution in [1.82, 2.24) is 14.9 Å². The Morgan fingerprint density at radius 2 is 1.68 bits per heavy atom. The van der Waals surface area contributed by atoms with Gasteiger partial charge in [0.15, 0.2) is 0 Å². The van der Waals surface area contributed by atoms with Gasteiger partial charge in [0, 0.05) is 87.4 Å². The molecule has 1 unspecified atom stereocenters. The van der Waals surface area contributed by atoms with Gasteiger partial charge in [-0.15, -0.1) is 0 Å². The number of nitrogens with one attached hydrogen (secondary N) is 2. The first kappa shape index (κ1) is 32.5. The van der Waals surface area contributed by atoms with Gasteiger partial charge >= 0.3 is 0 Å². The molecule has 47 heavy (non-hydrogen) atoms. The molecule has 4 aromatic rings. The van der Waals surface area contributed by atoms with E-state index in [4.69, 9.17) is 9.72 Å². The average Bonchev–Trinajstić information content (AvgIpc) is 3.62. The summed E-state index contributed by atoms with van der Waals surface area (Å²) in [5.74, 6) is 0.449. The molecule has 9 nitrogen and oxygen atoms in total. The van der Waals surface area contributed by atoms with Gasteiger partial charge in [-0.3, -0.25) is 9.69 Å². The number of piperazine rings is 1. The third-order valence-corrected chi connectivity index (χ3v) is 9.03. The van der Waals surface area contributed by atoms with Crippen LogP contribution < -0.4 is 20.4 Å². The van der Waals surface area contributed by atoms with E-state index in [-0.39, 0.29) is 17.4 Å². The van der Waals surface area contributed by atoms with Crippen molar-refractivity contribution in [3.05, 3.63) is 90.6 Å². The lowest BCUT2D eigenvalue weighted by atomic mass is 9.91.